The van der Waals surface area contributed by atoms with Crippen molar-refractivity contribution in [2.45, 2.75) is 17.3 Å². The highest BCUT2D eigenvalue weighted by Crippen LogP contribution is 2.26. The molecule has 1 N–H and O–H groups in total. The number of thioether (sulfide) groups is 1. The summed E-state index contributed by atoms with van der Waals surface area (Å²) in [6, 6.07) is 16.5. The Morgan fingerprint density at radius 3 is 2.41 bits per heavy atom. The summed E-state index contributed by atoms with van der Waals surface area (Å²) in [5, 5.41) is -0.214. The lowest BCUT2D eigenvalue weighted by Gasteiger charge is -2.10. The van der Waals surface area contributed by atoms with Crippen molar-refractivity contribution in [2.75, 3.05) is 0 Å². The van der Waals surface area contributed by atoms with Crippen LogP contribution < -0.4 is 0 Å². The van der Waals surface area contributed by atoms with Crippen LogP contribution in [0.5, 0.6) is 0 Å². The minimum Gasteiger partial charge on any atom is -0.333 e. The summed E-state index contributed by atoms with van der Waals surface area (Å²) in [6.07, 6.45) is 0. The zero-order valence-corrected chi connectivity index (χ0v) is 12.8. The number of fused-ring (bicyclic) bond motifs is 1. The highest BCUT2D eigenvalue weighted by molar-refractivity contribution is 8.01. The highest BCUT2D eigenvalue weighted by Gasteiger charge is 2.26. The topological polar surface area (TPSA) is 62.8 Å². The third-order valence-corrected chi connectivity index (χ3v) is 4.46. The molecule has 1 atom stereocenters. The van der Waals surface area contributed by atoms with E-state index in [1.54, 1.807) is 24.3 Å². The lowest BCUT2D eigenvalue weighted by atomic mass is 10.1. The van der Waals surface area contributed by atoms with E-state index in [0.717, 1.165) is 22.8 Å². The Hall–Kier alpha value is -2.40. The van der Waals surface area contributed by atoms with Gasteiger partial charge in [-0.15, -0.1) is 0 Å². The average molecular weight is 310 g/mol. The molecule has 0 fully saturated rings. The molecule has 0 saturated heterocycles. The summed E-state index contributed by atoms with van der Waals surface area (Å²) in [5.41, 5.74) is 2.24. The highest BCUT2D eigenvalue weighted by atomic mass is 32.2. The van der Waals surface area contributed by atoms with E-state index >= 15 is 0 Å². The number of imidazole rings is 1. The number of aromatic nitrogens is 2. The number of Topliss-reactive ketones (excluding diaryl/α,β-unsaturated/α-hetero) is 2. The SMILES string of the molecule is CC(=O)C(Sc1nc2ccccc2[nH]1)C(=O)c1ccccc1. The maximum absolute atomic E-state index is 12.5. The van der Waals surface area contributed by atoms with E-state index in [4.69, 9.17) is 0 Å². The first-order valence-corrected chi connectivity index (χ1v) is 7.74. The summed E-state index contributed by atoms with van der Waals surface area (Å²) >= 11 is 1.16. The molecular formula is C17H14N2O2S. The molecule has 4 nitrogen and oxygen atoms in total. The summed E-state index contributed by atoms with van der Waals surface area (Å²) in [7, 11) is 0. The standard InChI is InChI=1S/C17H14N2O2S/c1-11(20)16(15(21)12-7-3-2-4-8-12)22-17-18-13-9-5-6-10-14(13)19-17/h2-10,16H,1H3,(H,18,19). The molecule has 0 saturated carbocycles. The smallest absolute Gasteiger partial charge is 0.183 e. The van der Waals surface area contributed by atoms with E-state index < -0.39 is 5.25 Å². The zero-order chi connectivity index (χ0) is 15.5. The molecule has 1 heterocycles. The van der Waals surface area contributed by atoms with Crippen molar-refractivity contribution in [1.82, 2.24) is 9.97 Å². The van der Waals surface area contributed by atoms with Gasteiger partial charge in [0, 0.05) is 5.56 Å². The molecule has 2 aromatic carbocycles. The number of carbonyl (C=O) groups is 2. The number of carbonyl (C=O) groups excluding carboxylic acids is 2. The molecule has 110 valence electrons. The van der Waals surface area contributed by atoms with Crippen LogP contribution in [0.1, 0.15) is 17.3 Å². The molecule has 0 aliphatic heterocycles. The lowest BCUT2D eigenvalue weighted by molar-refractivity contribution is -0.115. The Kier molecular flexibility index (Phi) is 4.06. The molecule has 1 unspecified atom stereocenters. The Labute approximate surface area is 132 Å². The molecule has 0 aliphatic carbocycles. The van der Waals surface area contributed by atoms with Gasteiger partial charge >= 0.3 is 0 Å². The van der Waals surface area contributed by atoms with E-state index in [1.165, 1.54) is 6.92 Å². The van der Waals surface area contributed by atoms with Gasteiger partial charge in [0.1, 0.15) is 5.25 Å². The van der Waals surface area contributed by atoms with Gasteiger partial charge in [0.25, 0.3) is 0 Å². The number of ketones is 2. The maximum atomic E-state index is 12.5. The number of rotatable bonds is 5. The third kappa shape index (κ3) is 2.94. The first-order valence-electron chi connectivity index (χ1n) is 6.86. The van der Waals surface area contributed by atoms with E-state index in [1.807, 2.05) is 30.3 Å². The molecule has 0 radical (unpaired) electrons. The van der Waals surface area contributed by atoms with Crippen molar-refractivity contribution in [3.05, 3.63) is 60.2 Å². The van der Waals surface area contributed by atoms with Gasteiger partial charge in [-0.1, -0.05) is 54.2 Å². The predicted molar refractivity (Wildman–Crippen MR) is 87.2 cm³/mol. The number of hydrogen-bond donors (Lipinski definition) is 1. The number of hydrogen-bond acceptors (Lipinski definition) is 4. The van der Waals surface area contributed by atoms with Crippen molar-refractivity contribution in [3.8, 4) is 0 Å². The lowest BCUT2D eigenvalue weighted by Crippen LogP contribution is -2.25. The Morgan fingerprint density at radius 1 is 1.05 bits per heavy atom. The zero-order valence-electron chi connectivity index (χ0n) is 11.9. The monoisotopic (exact) mass is 310 g/mol. The van der Waals surface area contributed by atoms with Gasteiger partial charge in [-0.25, -0.2) is 4.98 Å². The minimum atomic E-state index is -0.789. The Balaban J connectivity index is 1.88. The van der Waals surface area contributed by atoms with Crippen molar-refractivity contribution in [2.24, 2.45) is 0 Å². The number of nitrogens with zero attached hydrogens (tertiary/aromatic N) is 1. The Morgan fingerprint density at radius 2 is 1.73 bits per heavy atom. The fourth-order valence-corrected chi connectivity index (χ4v) is 3.12. The summed E-state index contributed by atoms with van der Waals surface area (Å²) in [5.74, 6) is -0.377. The van der Waals surface area contributed by atoms with Crippen LogP contribution in [0.4, 0.5) is 0 Å². The van der Waals surface area contributed by atoms with Gasteiger partial charge in [-0.05, 0) is 19.1 Å². The second kappa shape index (κ2) is 6.15. The van der Waals surface area contributed by atoms with Crippen LogP contribution in [0.2, 0.25) is 0 Å². The van der Waals surface area contributed by atoms with E-state index in [-0.39, 0.29) is 11.6 Å². The number of H-pyrrole nitrogens is 1. The van der Waals surface area contributed by atoms with E-state index in [0.29, 0.717) is 10.7 Å². The first kappa shape index (κ1) is 14.5. The predicted octanol–water partition coefficient (Wildman–Crippen LogP) is 3.50. The van der Waals surface area contributed by atoms with Crippen molar-refractivity contribution < 1.29 is 9.59 Å². The molecular weight excluding hydrogens is 296 g/mol. The molecule has 0 spiro atoms. The summed E-state index contributed by atoms with van der Waals surface area (Å²) < 4.78 is 0. The van der Waals surface area contributed by atoms with Gasteiger partial charge in [0.05, 0.1) is 11.0 Å². The van der Waals surface area contributed by atoms with Gasteiger partial charge in [0.2, 0.25) is 0 Å². The average Bonchev–Trinajstić information content (AvgIpc) is 2.95. The van der Waals surface area contributed by atoms with Gasteiger partial charge in [0.15, 0.2) is 16.7 Å². The van der Waals surface area contributed by atoms with Crippen LogP contribution in [0.15, 0.2) is 59.8 Å². The molecule has 3 rings (SSSR count). The van der Waals surface area contributed by atoms with Gasteiger partial charge in [-0.2, -0.15) is 0 Å². The molecule has 0 aliphatic rings. The van der Waals surface area contributed by atoms with Crippen LogP contribution in [0.3, 0.4) is 0 Å². The van der Waals surface area contributed by atoms with Gasteiger partial charge in [-0.3, -0.25) is 9.59 Å². The number of benzene rings is 2. The Bertz CT molecular complexity index is 794. The third-order valence-electron chi connectivity index (χ3n) is 3.26. The fraction of sp³-hybridized carbons (Fsp3) is 0.118. The van der Waals surface area contributed by atoms with Crippen LogP contribution in [0, 0.1) is 0 Å². The van der Waals surface area contributed by atoms with E-state index in [2.05, 4.69) is 9.97 Å². The van der Waals surface area contributed by atoms with Crippen molar-refractivity contribution in [1.29, 1.82) is 0 Å². The number of para-hydroxylation sites is 2. The summed E-state index contributed by atoms with van der Waals surface area (Å²) in [6.45, 7) is 1.43. The van der Waals surface area contributed by atoms with Crippen LogP contribution in [-0.2, 0) is 4.79 Å². The summed E-state index contributed by atoms with van der Waals surface area (Å²) in [4.78, 5) is 32.0. The molecule has 0 amide bonds. The van der Waals surface area contributed by atoms with Crippen LogP contribution in [0.25, 0.3) is 11.0 Å². The largest absolute Gasteiger partial charge is 0.333 e. The van der Waals surface area contributed by atoms with Gasteiger partial charge < -0.3 is 4.98 Å². The molecule has 0 bridgehead atoms. The first-order chi connectivity index (χ1) is 10.6. The molecule has 5 heteroatoms. The van der Waals surface area contributed by atoms with Crippen LogP contribution in [-0.4, -0.2) is 26.8 Å². The van der Waals surface area contributed by atoms with Crippen molar-refractivity contribution in [3.63, 3.8) is 0 Å². The molecule has 3 aromatic rings. The fourth-order valence-electron chi connectivity index (χ4n) is 2.17. The quantitative estimate of drug-likeness (QED) is 0.445. The van der Waals surface area contributed by atoms with Crippen molar-refractivity contribution >= 4 is 34.4 Å². The second-order valence-electron chi connectivity index (χ2n) is 4.90. The molecule has 22 heavy (non-hydrogen) atoms. The maximum Gasteiger partial charge on any atom is 0.183 e. The number of nitrogens with one attached hydrogen (secondary N) is 1. The minimum absolute atomic E-state index is 0.181. The molecule has 1 aromatic heterocycles. The van der Waals surface area contributed by atoms with Crippen LogP contribution >= 0.6 is 11.8 Å². The normalized spacial score (nSPS) is 12.2. The second-order valence-corrected chi connectivity index (χ2v) is 5.99. The number of aromatic amines is 1. The van der Waals surface area contributed by atoms with E-state index in [9.17, 15) is 9.59 Å².